The summed E-state index contributed by atoms with van der Waals surface area (Å²) < 4.78 is 0. The Morgan fingerprint density at radius 3 is 2.67 bits per heavy atom. The van der Waals surface area contributed by atoms with E-state index in [9.17, 15) is 4.79 Å². The lowest BCUT2D eigenvalue weighted by Gasteiger charge is -2.25. The van der Waals surface area contributed by atoms with Crippen LogP contribution in [0.25, 0.3) is 0 Å². The molecule has 0 aliphatic carbocycles. The molecule has 1 rings (SSSR count). The Bertz CT molecular complexity index is 516. The van der Waals surface area contributed by atoms with Crippen molar-refractivity contribution in [2.24, 2.45) is 10.7 Å². The second kappa shape index (κ2) is 8.52. The van der Waals surface area contributed by atoms with E-state index in [2.05, 4.69) is 10.3 Å². The van der Waals surface area contributed by atoms with E-state index < -0.39 is 0 Å². The molecule has 0 fully saturated rings. The second-order valence-electron chi connectivity index (χ2n) is 4.54. The molecule has 6 heteroatoms. The Hall–Kier alpha value is -1.75. The van der Waals surface area contributed by atoms with Gasteiger partial charge in [-0.05, 0) is 31.4 Å². The number of carbonyl (C=O) groups excluding carboxylic acids is 1. The molecule has 0 atom stereocenters. The van der Waals surface area contributed by atoms with Gasteiger partial charge in [0, 0.05) is 13.1 Å². The van der Waals surface area contributed by atoms with Crippen molar-refractivity contribution in [3.8, 4) is 0 Å². The predicted octanol–water partition coefficient (Wildman–Crippen LogP) is 3.16. The molecule has 0 saturated carbocycles. The molecule has 116 valence electrons. The summed E-state index contributed by atoms with van der Waals surface area (Å²) in [6.45, 7) is 6.97. The predicted molar refractivity (Wildman–Crippen MR) is 89.2 cm³/mol. The van der Waals surface area contributed by atoms with Gasteiger partial charge in [0.15, 0.2) is 5.96 Å². The van der Waals surface area contributed by atoms with Gasteiger partial charge in [-0.3, -0.25) is 15.2 Å². The number of urea groups is 1. The molecule has 0 radical (unpaired) electrons. The number of aliphatic imine (C=N–C) groups is 1. The highest BCUT2D eigenvalue weighted by molar-refractivity contribution is 6.34. The maximum Gasteiger partial charge on any atom is 0.328 e. The van der Waals surface area contributed by atoms with Crippen LogP contribution >= 0.6 is 11.6 Å². The van der Waals surface area contributed by atoms with E-state index in [1.165, 1.54) is 0 Å². The molecule has 0 aromatic heterocycles. The van der Waals surface area contributed by atoms with Crippen molar-refractivity contribution in [1.29, 1.82) is 0 Å². The number of guanidine groups is 1. The summed E-state index contributed by atoms with van der Waals surface area (Å²) in [6.07, 6.45) is 1.61. The van der Waals surface area contributed by atoms with E-state index in [-0.39, 0.29) is 12.0 Å². The summed E-state index contributed by atoms with van der Waals surface area (Å²) in [5.41, 5.74) is 7.43. The van der Waals surface area contributed by atoms with Gasteiger partial charge in [-0.15, -0.1) is 0 Å². The average molecular weight is 311 g/mol. The number of nitrogens with one attached hydrogen (secondary N) is 1. The number of para-hydroxylation sites is 1. The van der Waals surface area contributed by atoms with Gasteiger partial charge in [0.2, 0.25) is 0 Å². The highest BCUT2D eigenvalue weighted by Crippen LogP contribution is 2.30. The maximum absolute atomic E-state index is 12.4. The Morgan fingerprint density at radius 1 is 1.38 bits per heavy atom. The van der Waals surface area contributed by atoms with Crippen LogP contribution in [-0.2, 0) is 6.42 Å². The second-order valence-corrected chi connectivity index (χ2v) is 4.95. The van der Waals surface area contributed by atoms with Crippen LogP contribution < -0.4 is 16.0 Å². The number of halogens is 1. The van der Waals surface area contributed by atoms with Crippen molar-refractivity contribution in [1.82, 2.24) is 5.32 Å². The number of rotatable bonds is 5. The van der Waals surface area contributed by atoms with Crippen molar-refractivity contribution >= 4 is 29.3 Å². The number of carbonyl (C=O) groups is 1. The van der Waals surface area contributed by atoms with Crippen LogP contribution in [0, 0.1) is 0 Å². The van der Waals surface area contributed by atoms with Gasteiger partial charge < -0.3 is 5.73 Å². The van der Waals surface area contributed by atoms with E-state index in [0.29, 0.717) is 18.1 Å². The lowest BCUT2D eigenvalue weighted by Crippen LogP contribution is -2.46. The van der Waals surface area contributed by atoms with Gasteiger partial charge in [0.05, 0.1) is 10.7 Å². The third-order valence-corrected chi connectivity index (χ3v) is 3.28. The van der Waals surface area contributed by atoms with Crippen LogP contribution in [0.4, 0.5) is 10.5 Å². The molecule has 0 saturated heterocycles. The molecule has 21 heavy (non-hydrogen) atoms. The molecule has 0 bridgehead atoms. The van der Waals surface area contributed by atoms with Crippen molar-refractivity contribution in [3.63, 3.8) is 0 Å². The quantitative estimate of drug-likeness (QED) is 0.648. The maximum atomic E-state index is 12.4. The van der Waals surface area contributed by atoms with Crippen molar-refractivity contribution in [2.45, 2.75) is 33.6 Å². The molecule has 0 heterocycles. The molecular weight excluding hydrogens is 288 g/mol. The zero-order valence-corrected chi connectivity index (χ0v) is 13.6. The molecule has 1 aromatic rings. The van der Waals surface area contributed by atoms with E-state index in [1.54, 1.807) is 11.0 Å². The summed E-state index contributed by atoms with van der Waals surface area (Å²) in [4.78, 5) is 18.0. The van der Waals surface area contributed by atoms with Gasteiger partial charge in [-0.2, -0.15) is 0 Å². The number of benzene rings is 1. The first-order valence-corrected chi connectivity index (χ1v) is 7.58. The number of amides is 2. The molecular formula is C15H23ClN4O. The average Bonchev–Trinajstić information content (AvgIpc) is 2.45. The monoisotopic (exact) mass is 310 g/mol. The lowest BCUT2D eigenvalue weighted by atomic mass is 10.1. The Morgan fingerprint density at radius 2 is 2.10 bits per heavy atom. The number of nitrogens with zero attached hydrogens (tertiary/aromatic N) is 2. The summed E-state index contributed by atoms with van der Waals surface area (Å²) >= 11 is 6.30. The fourth-order valence-electron chi connectivity index (χ4n) is 2.07. The molecule has 0 aliphatic rings. The van der Waals surface area contributed by atoms with Gasteiger partial charge >= 0.3 is 6.03 Å². The Kier molecular flexibility index (Phi) is 7.02. The standard InChI is InChI=1S/C15H23ClN4O/c1-4-10-20(15(21)19-14(17)18-6-3)13-11(5-2)8-7-9-12(13)16/h7-9H,4-6,10H2,1-3H3,(H3,17,18,19,21). The zero-order valence-electron chi connectivity index (χ0n) is 12.8. The van der Waals surface area contributed by atoms with Crippen LogP contribution in [0.3, 0.4) is 0 Å². The zero-order chi connectivity index (χ0) is 15.8. The fraction of sp³-hybridized carbons (Fsp3) is 0.467. The molecule has 0 aliphatic heterocycles. The largest absolute Gasteiger partial charge is 0.370 e. The first kappa shape index (κ1) is 17.3. The van der Waals surface area contributed by atoms with Crippen LogP contribution in [0.2, 0.25) is 5.02 Å². The van der Waals surface area contributed by atoms with Crippen LogP contribution in [0.1, 0.15) is 32.8 Å². The minimum absolute atomic E-state index is 0.119. The Balaban J connectivity index is 3.12. The number of hydrogen-bond donors (Lipinski definition) is 2. The summed E-state index contributed by atoms with van der Waals surface area (Å²) in [5.74, 6) is 0.119. The van der Waals surface area contributed by atoms with Crippen molar-refractivity contribution < 1.29 is 4.79 Å². The van der Waals surface area contributed by atoms with Gasteiger partial charge in [-0.25, -0.2) is 4.79 Å². The number of aryl methyl sites for hydroxylation is 1. The molecule has 5 nitrogen and oxygen atoms in total. The summed E-state index contributed by atoms with van der Waals surface area (Å²) in [7, 11) is 0. The van der Waals surface area contributed by atoms with Crippen LogP contribution in [0.5, 0.6) is 0 Å². The normalized spacial score (nSPS) is 11.3. The highest BCUT2D eigenvalue weighted by Gasteiger charge is 2.20. The third-order valence-electron chi connectivity index (χ3n) is 2.98. The first-order chi connectivity index (χ1) is 10.0. The molecule has 0 unspecified atom stereocenters. The molecule has 2 amide bonds. The first-order valence-electron chi connectivity index (χ1n) is 7.20. The third kappa shape index (κ3) is 4.63. The molecule has 1 aromatic carbocycles. The van der Waals surface area contributed by atoms with E-state index in [0.717, 1.165) is 24.1 Å². The summed E-state index contributed by atoms with van der Waals surface area (Å²) in [5, 5.41) is 3.16. The SMILES string of the molecule is CCCN(C(=O)NC(N)=NCC)c1c(Cl)cccc1CC. The number of anilines is 1. The van der Waals surface area contributed by atoms with E-state index in [1.807, 2.05) is 32.9 Å². The molecule has 3 N–H and O–H groups in total. The lowest BCUT2D eigenvalue weighted by molar-refractivity contribution is 0.250. The minimum atomic E-state index is -0.311. The van der Waals surface area contributed by atoms with Gasteiger partial charge in [-0.1, -0.05) is 37.6 Å². The Labute approximate surface area is 131 Å². The van der Waals surface area contributed by atoms with E-state index in [4.69, 9.17) is 17.3 Å². The van der Waals surface area contributed by atoms with Crippen molar-refractivity contribution in [2.75, 3.05) is 18.0 Å². The van der Waals surface area contributed by atoms with Crippen molar-refractivity contribution in [3.05, 3.63) is 28.8 Å². The summed E-state index contributed by atoms with van der Waals surface area (Å²) in [6, 6.07) is 5.34. The van der Waals surface area contributed by atoms with Crippen LogP contribution in [0.15, 0.2) is 23.2 Å². The number of hydrogen-bond acceptors (Lipinski definition) is 2. The molecule has 0 spiro atoms. The van der Waals surface area contributed by atoms with Gasteiger partial charge in [0.1, 0.15) is 0 Å². The minimum Gasteiger partial charge on any atom is -0.370 e. The van der Waals surface area contributed by atoms with Crippen LogP contribution in [-0.4, -0.2) is 25.1 Å². The van der Waals surface area contributed by atoms with E-state index >= 15 is 0 Å². The highest BCUT2D eigenvalue weighted by atomic mass is 35.5. The number of nitrogens with two attached hydrogens (primary N) is 1. The smallest absolute Gasteiger partial charge is 0.328 e. The topological polar surface area (TPSA) is 70.7 Å². The van der Waals surface area contributed by atoms with Gasteiger partial charge in [0.25, 0.3) is 0 Å². The fourth-order valence-corrected chi connectivity index (χ4v) is 2.37.